The summed E-state index contributed by atoms with van der Waals surface area (Å²) < 4.78 is 54.9. The summed E-state index contributed by atoms with van der Waals surface area (Å²) in [5.41, 5.74) is -1.43. The Balaban J connectivity index is 1.71. The Hall–Kier alpha value is -2.94. The van der Waals surface area contributed by atoms with Crippen LogP contribution in [0.2, 0.25) is 5.02 Å². The number of para-hydroxylation sites is 1. The van der Waals surface area contributed by atoms with Gasteiger partial charge in [0, 0.05) is 0 Å². The fraction of sp³-hybridized carbons (Fsp3) is 0.263. The van der Waals surface area contributed by atoms with Crippen molar-refractivity contribution in [2.75, 3.05) is 18.5 Å². The van der Waals surface area contributed by atoms with Crippen molar-refractivity contribution >= 4 is 29.2 Å². The minimum absolute atomic E-state index is 0.00888. The quantitative estimate of drug-likeness (QED) is 0.733. The molecule has 0 bridgehead atoms. The van der Waals surface area contributed by atoms with Gasteiger partial charge in [-0.1, -0.05) is 23.7 Å². The Morgan fingerprint density at radius 2 is 1.86 bits per heavy atom. The molecular weight excluding hydrogens is 415 g/mol. The molecule has 0 fully saturated rings. The first kappa shape index (κ1) is 20.8. The highest BCUT2D eigenvalue weighted by atomic mass is 35.5. The summed E-state index contributed by atoms with van der Waals surface area (Å²) in [4.78, 5) is 24.6. The van der Waals surface area contributed by atoms with Gasteiger partial charge in [-0.3, -0.25) is 4.79 Å². The van der Waals surface area contributed by atoms with Gasteiger partial charge < -0.3 is 19.5 Å². The molecule has 10 heteroatoms. The van der Waals surface area contributed by atoms with Crippen LogP contribution in [0.25, 0.3) is 0 Å². The lowest BCUT2D eigenvalue weighted by atomic mass is 10.1. The molecule has 1 heterocycles. The number of benzene rings is 2. The van der Waals surface area contributed by atoms with Crippen LogP contribution < -0.4 is 14.8 Å². The summed E-state index contributed by atoms with van der Waals surface area (Å²) in [6, 6.07) is 7.14. The van der Waals surface area contributed by atoms with E-state index in [4.69, 9.17) is 25.8 Å². The van der Waals surface area contributed by atoms with E-state index in [1.807, 2.05) is 0 Å². The van der Waals surface area contributed by atoms with Gasteiger partial charge in [0.1, 0.15) is 13.2 Å². The van der Waals surface area contributed by atoms with Crippen LogP contribution in [0.5, 0.6) is 11.5 Å². The number of hydrogen-bond acceptors (Lipinski definition) is 5. The molecular formula is C19H15ClF3NO5. The third-order valence-corrected chi connectivity index (χ3v) is 4.26. The molecule has 1 unspecified atom stereocenters. The number of esters is 1. The molecule has 3 rings (SSSR count). The van der Waals surface area contributed by atoms with Crippen molar-refractivity contribution in [2.45, 2.75) is 19.2 Å². The van der Waals surface area contributed by atoms with Crippen LogP contribution in [-0.4, -0.2) is 31.2 Å². The second-order valence-corrected chi connectivity index (χ2v) is 6.47. The van der Waals surface area contributed by atoms with Crippen molar-refractivity contribution in [1.29, 1.82) is 0 Å². The molecule has 0 aromatic heterocycles. The largest absolute Gasteiger partial charge is 0.486 e. The summed E-state index contributed by atoms with van der Waals surface area (Å²) in [5, 5.41) is 2.26. The number of amides is 1. The summed E-state index contributed by atoms with van der Waals surface area (Å²) in [5.74, 6) is -1.26. The van der Waals surface area contributed by atoms with Crippen LogP contribution in [0.3, 0.4) is 0 Å². The predicted octanol–water partition coefficient (Wildman–Crippen LogP) is 4.31. The number of carbonyl (C=O) groups excluding carboxylic acids is 2. The second-order valence-electron chi connectivity index (χ2n) is 6.06. The number of carbonyl (C=O) groups is 2. The number of halogens is 4. The van der Waals surface area contributed by atoms with E-state index in [1.165, 1.54) is 31.2 Å². The van der Waals surface area contributed by atoms with E-state index in [1.54, 1.807) is 0 Å². The van der Waals surface area contributed by atoms with Gasteiger partial charge >= 0.3 is 12.1 Å². The molecule has 29 heavy (non-hydrogen) atoms. The lowest BCUT2D eigenvalue weighted by Gasteiger charge is -2.20. The molecule has 1 aliphatic rings. The van der Waals surface area contributed by atoms with Gasteiger partial charge in [0.05, 0.1) is 21.8 Å². The summed E-state index contributed by atoms with van der Waals surface area (Å²) in [6.07, 6.45) is -6.01. The first-order valence-electron chi connectivity index (χ1n) is 8.44. The average molecular weight is 430 g/mol. The molecule has 1 aliphatic heterocycles. The number of fused-ring (bicyclic) bond motifs is 1. The molecule has 154 valence electrons. The van der Waals surface area contributed by atoms with Crippen LogP contribution in [-0.2, 0) is 15.7 Å². The van der Waals surface area contributed by atoms with Crippen molar-refractivity contribution in [1.82, 2.24) is 0 Å². The number of ether oxygens (including phenoxy) is 3. The van der Waals surface area contributed by atoms with Crippen molar-refractivity contribution in [2.24, 2.45) is 0 Å². The van der Waals surface area contributed by atoms with E-state index >= 15 is 0 Å². The SMILES string of the molecule is CC(OC(=O)c1cc(Cl)c2c(c1)OCCO2)C(=O)Nc1ccccc1C(F)(F)F. The highest BCUT2D eigenvalue weighted by Gasteiger charge is 2.34. The molecule has 6 nitrogen and oxygen atoms in total. The number of nitrogens with one attached hydrogen (secondary N) is 1. The lowest BCUT2D eigenvalue weighted by molar-refractivity contribution is -0.137. The maximum atomic E-state index is 13.0. The van der Waals surface area contributed by atoms with Gasteiger partial charge in [-0.15, -0.1) is 0 Å². The van der Waals surface area contributed by atoms with Crippen LogP contribution >= 0.6 is 11.6 Å². The maximum absolute atomic E-state index is 13.0. The van der Waals surface area contributed by atoms with Gasteiger partial charge in [-0.25, -0.2) is 4.79 Å². The molecule has 0 spiro atoms. The van der Waals surface area contributed by atoms with Crippen LogP contribution in [0, 0.1) is 0 Å². The Bertz CT molecular complexity index is 948. The number of anilines is 1. The van der Waals surface area contributed by atoms with Crippen LogP contribution in [0.1, 0.15) is 22.8 Å². The topological polar surface area (TPSA) is 73.9 Å². The Morgan fingerprint density at radius 1 is 1.17 bits per heavy atom. The lowest BCUT2D eigenvalue weighted by Crippen LogP contribution is -2.30. The van der Waals surface area contributed by atoms with Crippen LogP contribution in [0.15, 0.2) is 36.4 Å². The third-order valence-electron chi connectivity index (χ3n) is 3.98. The molecule has 0 radical (unpaired) electrons. The molecule has 2 aromatic carbocycles. The highest BCUT2D eigenvalue weighted by molar-refractivity contribution is 6.32. The zero-order valence-electron chi connectivity index (χ0n) is 15.0. The summed E-state index contributed by atoms with van der Waals surface area (Å²) in [7, 11) is 0. The van der Waals surface area contributed by atoms with Crippen molar-refractivity contribution in [3.8, 4) is 11.5 Å². The van der Waals surface area contributed by atoms with Gasteiger partial charge in [0.2, 0.25) is 0 Å². The minimum atomic E-state index is -4.65. The molecule has 1 N–H and O–H groups in total. The second kappa shape index (κ2) is 8.20. The molecule has 0 saturated heterocycles. The van der Waals surface area contributed by atoms with Gasteiger partial charge in [-0.05, 0) is 31.2 Å². The Labute approximate surface area is 168 Å². The van der Waals surface area contributed by atoms with E-state index in [0.29, 0.717) is 12.4 Å². The monoisotopic (exact) mass is 429 g/mol. The third kappa shape index (κ3) is 4.73. The maximum Gasteiger partial charge on any atom is 0.418 e. The zero-order chi connectivity index (χ0) is 21.2. The van der Waals surface area contributed by atoms with Gasteiger partial charge in [0.15, 0.2) is 17.6 Å². The van der Waals surface area contributed by atoms with Crippen molar-refractivity contribution < 1.29 is 37.0 Å². The number of rotatable bonds is 4. The molecule has 1 atom stereocenters. The first-order valence-corrected chi connectivity index (χ1v) is 8.82. The number of hydrogen-bond donors (Lipinski definition) is 1. The van der Waals surface area contributed by atoms with Crippen LogP contribution in [0.4, 0.5) is 18.9 Å². The number of alkyl halides is 3. The summed E-state index contributed by atoms with van der Waals surface area (Å²) >= 11 is 6.06. The van der Waals surface area contributed by atoms with E-state index in [2.05, 4.69) is 5.32 Å². The zero-order valence-corrected chi connectivity index (χ0v) is 15.8. The highest BCUT2D eigenvalue weighted by Crippen LogP contribution is 2.38. The Kier molecular flexibility index (Phi) is 5.88. The summed E-state index contributed by atoms with van der Waals surface area (Å²) in [6.45, 7) is 1.83. The van der Waals surface area contributed by atoms with Gasteiger partial charge in [-0.2, -0.15) is 13.2 Å². The molecule has 0 aliphatic carbocycles. The Morgan fingerprint density at radius 3 is 2.59 bits per heavy atom. The van der Waals surface area contributed by atoms with E-state index in [-0.39, 0.29) is 22.9 Å². The van der Waals surface area contributed by atoms with E-state index in [0.717, 1.165) is 12.1 Å². The molecule has 2 aromatic rings. The standard InChI is InChI=1S/C19H15ClF3NO5/c1-10(17(25)24-14-5-3-2-4-12(14)19(21,22)23)29-18(26)11-8-13(20)16-15(9-11)27-6-7-28-16/h2-5,8-10H,6-7H2,1H3,(H,24,25). The molecule has 1 amide bonds. The van der Waals surface area contributed by atoms with Gasteiger partial charge in [0.25, 0.3) is 5.91 Å². The first-order chi connectivity index (χ1) is 13.7. The average Bonchev–Trinajstić information content (AvgIpc) is 2.67. The predicted molar refractivity (Wildman–Crippen MR) is 97.4 cm³/mol. The smallest absolute Gasteiger partial charge is 0.418 e. The fourth-order valence-corrected chi connectivity index (χ4v) is 2.85. The van der Waals surface area contributed by atoms with E-state index < -0.39 is 35.4 Å². The van der Waals surface area contributed by atoms with E-state index in [9.17, 15) is 22.8 Å². The fourth-order valence-electron chi connectivity index (χ4n) is 2.58. The van der Waals surface area contributed by atoms with Crippen molar-refractivity contribution in [3.05, 3.63) is 52.5 Å². The van der Waals surface area contributed by atoms with Crippen molar-refractivity contribution in [3.63, 3.8) is 0 Å². The normalized spacial score (nSPS) is 14.1. The minimum Gasteiger partial charge on any atom is -0.486 e. The molecule has 0 saturated carbocycles.